The molecule has 1 N–H and O–H groups in total. The molecule has 1 nitrogen and oxygen atoms in total. The first kappa shape index (κ1) is 14.0. The van der Waals surface area contributed by atoms with E-state index in [0.29, 0.717) is 0 Å². The molecule has 0 amide bonds. The molecule has 0 aromatic carbocycles. The monoisotopic (exact) mass is 225 g/mol. The molecule has 16 heavy (non-hydrogen) atoms. The lowest BCUT2D eigenvalue weighted by molar-refractivity contribution is 0.240. The first-order valence-corrected chi connectivity index (χ1v) is 7.58. The van der Waals surface area contributed by atoms with Gasteiger partial charge in [-0.1, -0.05) is 51.9 Å². The average molecular weight is 225 g/mol. The van der Waals surface area contributed by atoms with Crippen molar-refractivity contribution in [3.8, 4) is 0 Å². The highest BCUT2D eigenvalue weighted by Crippen LogP contribution is 2.29. The van der Waals surface area contributed by atoms with Crippen LogP contribution in [0.4, 0.5) is 0 Å². The molecule has 1 unspecified atom stereocenters. The van der Waals surface area contributed by atoms with Crippen molar-refractivity contribution < 1.29 is 0 Å². The lowest BCUT2D eigenvalue weighted by Crippen LogP contribution is -2.37. The fraction of sp³-hybridized carbons (Fsp3) is 1.00. The summed E-state index contributed by atoms with van der Waals surface area (Å²) in [5.74, 6) is 0.990. The van der Waals surface area contributed by atoms with E-state index in [1.165, 1.54) is 70.8 Å². The molecular weight excluding hydrogens is 194 g/mol. The van der Waals surface area contributed by atoms with Crippen LogP contribution in [0.25, 0.3) is 0 Å². The van der Waals surface area contributed by atoms with E-state index in [1.54, 1.807) is 0 Å². The molecule has 1 saturated carbocycles. The second-order valence-electron chi connectivity index (χ2n) is 5.56. The van der Waals surface area contributed by atoms with Gasteiger partial charge in [0.05, 0.1) is 0 Å². The summed E-state index contributed by atoms with van der Waals surface area (Å²) >= 11 is 0. The highest BCUT2D eigenvalue weighted by atomic mass is 14.9. The molecule has 0 aromatic rings. The normalized spacial score (nSPS) is 18.4. The van der Waals surface area contributed by atoms with E-state index in [0.717, 1.165) is 12.0 Å². The zero-order valence-electron chi connectivity index (χ0n) is 11.4. The van der Waals surface area contributed by atoms with Crippen molar-refractivity contribution in [3.63, 3.8) is 0 Å². The van der Waals surface area contributed by atoms with Crippen LogP contribution in [-0.4, -0.2) is 12.6 Å². The number of hydrogen-bond acceptors (Lipinski definition) is 1. The third-order valence-corrected chi connectivity index (χ3v) is 4.10. The molecule has 1 aliphatic rings. The summed E-state index contributed by atoms with van der Waals surface area (Å²) in [5, 5.41) is 3.69. The molecule has 0 spiro atoms. The Morgan fingerprint density at radius 1 is 1.00 bits per heavy atom. The van der Waals surface area contributed by atoms with Gasteiger partial charge in [-0.3, -0.25) is 0 Å². The largest absolute Gasteiger partial charge is 0.314 e. The summed E-state index contributed by atoms with van der Waals surface area (Å²) in [6.45, 7) is 5.89. The van der Waals surface area contributed by atoms with E-state index in [-0.39, 0.29) is 0 Å². The van der Waals surface area contributed by atoms with Crippen LogP contribution in [-0.2, 0) is 0 Å². The van der Waals surface area contributed by atoms with Crippen molar-refractivity contribution in [1.29, 1.82) is 0 Å². The number of rotatable bonds is 10. The van der Waals surface area contributed by atoms with Crippen LogP contribution >= 0.6 is 0 Å². The van der Waals surface area contributed by atoms with Crippen LogP contribution in [0, 0.1) is 5.92 Å². The van der Waals surface area contributed by atoms with Crippen molar-refractivity contribution >= 4 is 0 Å². The molecule has 96 valence electrons. The lowest BCUT2D eigenvalue weighted by atomic mass is 9.80. The van der Waals surface area contributed by atoms with E-state index in [2.05, 4.69) is 19.2 Å². The average Bonchev–Trinajstić information content (AvgIpc) is 2.19. The maximum Gasteiger partial charge on any atom is 0.00669 e. The van der Waals surface area contributed by atoms with Crippen LogP contribution in [0.15, 0.2) is 0 Å². The Kier molecular flexibility index (Phi) is 7.92. The van der Waals surface area contributed by atoms with E-state index < -0.39 is 0 Å². The van der Waals surface area contributed by atoms with Gasteiger partial charge < -0.3 is 5.32 Å². The van der Waals surface area contributed by atoms with Crippen molar-refractivity contribution in [1.82, 2.24) is 5.32 Å². The van der Waals surface area contributed by atoms with Gasteiger partial charge in [-0.2, -0.15) is 0 Å². The second kappa shape index (κ2) is 9.04. The maximum atomic E-state index is 3.69. The Balaban J connectivity index is 1.77. The summed E-state index contributed by atoms with van der Waals surface area (Å²) in [6.07, 6.45) is 14.3. The molecule has 1 aliphatic carbocycles. The topological polar surface area (TPSA) is 12.0 Å². The minimum absolute atomic E-state index is 0.772. The third-order valence-electron chi connectivity index (χ3n) is 4.10. The maximum absolute atomic E-state index is 3.69. The van der Waals surface area contributed by atoms with Gasteiger partial charge in [-0.15, -0.1) is 0 Å². The van der Waals surface area contributed by atoms with E-state index >= 15 is 0 Å². The zero-order chi connectivity index (χ0) is 11.6. The lowest BCUT2D eigenvalue weighted by Gasteiger charge is -2.32. The fourth-order valence-electron chi connectivity index (χ4n) is 2.52. The summed E-state index contributed by atoms with van der Waals surface area (Å²) < 4.78 is 0. The van der Waals surface area contributed by atoms with Crippen molar-refractivity contribution in [3.05, 3.63) is 0 Å². The molecule has 0 heterocycles. The Hall–Kier alpha value is -0.0400. The fourth-order valence-corrected chi connectivity index (χ4v) is 2.52. The van der Waals surface area contributed by atoms with Crippen LogP contribution in [0.1, 0.15) is 78.1 Å². The molecule has 1 rings (SSSR count). The minimum Gasteiger partial charge on any atom is -0.314 e. The summed E-state index contributed by atoms with van der Waals surface area (Å²) in [6, 6.07) is 0.772. The Morgan fingerprint density at radius 2 is 1.62 bits per heavy atom. The van der Waals surface area contributed by atoms with Gasteiger partial charge in [0.25, 0.3) is 0 Å². The van der Waals surface area contributed by atoms with Crippen LogP contribution in [0.5, 0.6) is 0 Å². The van der Waals surface area contributed by atoms with Gasteiger partial charge >= 0.3 is 0 Å². The van der Waals surface area contributed by atoms with E-state index in [1.807, 2.05) is 0 Å². The number of unbranched alkanes of at least 4 members (excludes halogenated alkanes) is 6. The first-order valence-electron chi connectivity index (χ1n) is 7.58. The molecule has 0 aromatic heterocycles. The van der Waals surface area contributed by atoms with Crippen LogP contribution in [0.3, 0.4) is 0 Å². The number of nitrogens with one attached hydrogen (secondary N) is 1. The second-order valence-corrected chi connectivity index (χ2v) is 5.56. The standard InChI is InChI=1S/C15H31N/c1-3-4-5-6-7-8-9-13-16-14(2)15-11-10-12-15/h14-16H,3-13H2,1-2H3. The molecule has 0 bridgehead atoms. The van der Waals surface area contributed by atoms with E-state index in [9.17, 15) is 0 Å². The van der Waals surface area contributed by atoms with Gasteiger partial charge in [-0.05, 0) is 38.6 Å². The Labute approximate surface area is 102 Å². The Bertz CT molecular complexity index is 152. The quantitative estimate of drug-likeness (QED) is 0.539. The predicted molar refractivity (Wildman–Crippen MR) is 72.8 cm³/mol. The van der Waals surface area contributed by atoms with Crippen LogP contribution in [0.2, 0.25) is 0 Å². The minimum atomic E-state index is 0.772. The Morgan fingerprint density at radius 3 is 2.19 bits per heavy atom. The SMILES string of the molecule is CCCCCCCCCNC(C)C1CCC1. The molecule has 1 atom stereocenters. The van der Waals surface area contributed by atoms with Gasteiger partial charge in [0.2, 0.25) is 0 Å². The molecule has 0 aliphatic heterocycles. The highest BCUT2D eigenvalue weighted by Gasteiger charge is 2.22. The van der Waals surface area contributed by atoms with Crippen molar-refractivity contribution in [2.45, 2.75) is 84.1 Å². The summed E-state index contributed by atoms with van der Waals surface area (Å²) in [4.78, 5) is 0. The molecule has 1 heteroatoms. The first-order chi connectivity index (χ1) is 7.84. The van der Waals surface area contributed by atoms with Crippen molar-refractivity contribution in [2.75, 3.05) is 6.54 Å². The third kappa shape index (κ3) is 5.89. The van der Waals surface area contributed by atoms with Gasteiger partial charge in [0.1, 0.15) is 0 Å². The molecule has 0 saturated heterocycles. The van der Waals surface area contributed by atoms with Crippen molar-refractivity contribution in [2.24, 2.45) is 5.92 Å². The number of hydrogen-bond donors (Lipinski definition) is 1. The predicted octanol–water partition coefficient (Wildman–Crippen LogP) is 4.52. The van der Waals surface area contributed by atoms with Gasteiger partial charge in [0, 0.05) is 6.04 Å². The molecular formula is C15H31N. The van der Waals surface area contributed by atoms with Gasteiger partial charge in [-0.25, -0.2) is 0 Å². The molecule has 0 radical (unpaired) electrons. The zero-order valence-corrected chi connectivity index (χ0v) is 11.4. The molecule has 1 fully saturated rings. The van der Waals surface area contributed by atoms with E-state index in [4.69, 9.17) is 0 Å². The highest BCUT2D eigenvalue weighted by molar-refractivity contribution is 4.79. The summed E-state index contributed by atoms with van der Waals surface area (Å²) in [7, 11) is 0. The van der Waals surface area contributed by atoms with Crippen LogP contribution < -0.4 is 5.32 Å². The van der Waals surface area contributed by atoms with Gasteiger partial charge in [0.15, 0.2) is 0 Å². The smallest absolute Gasteiger partial charge is 0.00669 e. The summed E-state index contributed by atoms with van der Waals surface area (Å²) in [5.41, 5.74) is 0.